The van der Waals surface area contributed by atoms with Crippen LogP contribution in [0, 0.1) is 6.92 Å². The first-order chi connectivity index (χ1) is 12.2. The number of aryl methyl sites for hydroxylation is 2. The first kappa shape index (κ1) is 15.4. The van der Waals surface area contributed by atoms with Crippen molar-refractivity contribution in [3.63, 3.8) is 0 Å². The lowest BCUT2D eigenvalue weighted by Gasteiger charge is -2.23. The molecule has 7 heteroatoms. The summed E-state index contributed by atoms with van der Waals surface area (Å²) >= 11 is 0. The Morgan fingerprint density at radius 2 is 2.32 bits per heavy atom. The molecule has 0 bridgehead atoms. The third kappa shape index (κ3) is 3.26. The van der Waals surface area contributed by atoms with Gasteiger partial charge in [-0.25, -0.2) is 9.48 Å². The number of aromatic amines is 1. The molecule has 25 heavy (non-hydrogen) atoms. The van der Waals surface area contributed by atoms with Crippen LogP contribution in [-0.4, -0.2) is 32.1 Å². The van der Waals surface area contributed by atoms with E-state index in [1.165, 1.54) is 5.56 Å². The van der Waals surface area contributed by atoms with Gasteiger partial charge in [0.25, 0.3) is 0 Å². The predicted molar refractivity (Wildman–Crippen MR) is 94.9 cm³/mol. The molecule has 3 N–H and O–H groups in total. The molecule has 2 heterocycles. The lowest BCUT2D eigenvalue weighted by atomic mass is 9.94. The summed E-state index contributed by atoms with van der Waals surface area (Å²) in [6.07, 6.45) is 8.12. The minimum Gasteiger partial charge on any atom is -0.335 e. The maximum Gasteiger partial charge on any atom is 0.319 e. The number of fused-ring (bicyclic) bond motifs is 1. The van der Waals surface area contributed by atoms with E-state index in [4.69, 9.17) is 0 Å². The molecule has 1 aliphatic rings. The molecule has 0 aliphatic heterocycles. The van der Waals surface area contributed by atoms with E-state index in [0.29, 0.717) is 0 Å². The summed E-state index contributed by atoms with van der Waals surface area (Å²) < 4.78 is 1.77. The van der Waals surface area contributed by atoms with Crippen molar-refractivity contribution in [1.29, 1.82) is 0 Å². The second-order valence-electron chi connectivity index (χ2n) is 6.36. The molecule has 1 atom stereocenters. The van der Waals surface area contributed by atoms with Crippen molar-refractivity contribution in [2.75, 3.05) is 5.32 Å². The molecule has 0 unspecified atom stereocenters. The zero-order chi connectivity index (χ0) is 17.2. The average Bonchev–Trinajstić information content (AvgIpc) is 3.27. The number of nitrogens with zero attached hydrogens (tertiary/aromatic N) is 3. The van der Waals surface area contributed by atoms with Crippen molar-refractivity contribution < 1.29 is 4.79 Å². The van der Waals surface area contributed by atoms with Crippen LogP contribution in [0.25, 0.3) is 5.69 Å². The van der Waals surface area contributed by atoms with Crippen LogP contribution in [0.4, 0.5) is 10.5 Å². The molecule has 4 rings (SSSR count). The van der Waals surface area contributed by atoms with Gasteiger partial charge in [-0.2, -0.15) is 10.2 Å². The maximum atomic E-state index is 12.4. The molecule has 1 aromatic carbocycles. The lowest BCUT2D eigenvalue weighted by Crippen LogP contribution is -2.41. The number of hydrogen-bond acceptors (Lipinski definition) is 3. The normalized spacial score (nSPS) is 16.3. The average molecular weight is 336 g/mol. The van der Waals surface area contributed by atoms with Crippen molar-refractivity contribution in [2.45, 2.75) is 32.2 Å². The van der Waals surface area contributed by atoms with Gasteiger partial charge in [-0.1, -0.05) is 6.07 Å². The van der Waals surface area contributed by atoms with Crippen molar-refractivity contribution in [1.82, 2.24) is 25.3 Å². The molecule has 0 radical (unpaired) electrons. The number of anilines is 1. The molecule has 7 nitrogen and oxygen atoms in total. The van der Waals surface area contributed by atoms with E-state index in [1.54, 1.807) is 10.9 Å². The predicted octanol–water partition coefficient (Wildman–Crippen LogP) is 2.58. The Bertz CT molecular complexity index is 883. The molecule has 1 aliphatic carbocycles. The van der Waals surface area contributed by atoms with Gasteiger partial charge in [0.2, 0.25) is 0 Å². The van der Waals surface area contributed by atoms with E-state index in [0.717, 1.165) is 41.9 Å². The van der Waals surface area contributed by atoms with E-state index < -0.39 is 0 Å². The monoisotopic (exact) mass is 336 g/mol. The van der Waals surface area contributed by atoms with Crippen molar-refractivity contribution in [2.24, 2.45) is 0 Å². The van der Waals surface area contributed by atoms with E-state index in [1.807, 2.05) is 43.6 Å². The summed E-state index contributed by atoms with van der Waals surface area (Å²) in [7, 11) is 0. The number of H-pyrrole nitrogens is 1. The first-order valence-corrected chi connectivity index (χ1v) is 8.38. The number of nitrogens with one attached hydrogen (secondary N) is 3. The Hall–Kier alpha value is -3.09. The third-order valence-electron chi connectivity index (χ3n) is 4.59. The first-order valence-electron chi connectivity index (χ1n) is 8.38. The molecule has 128 valence electrons. The Kier molecular flexibility index (Phi) is 3.97. The summed E-state index contributed by atoms with van der Waals surface area (Å²) in [5, 5.41) is 17.3. The van der Waals surface area contributed by atoms with Crippen LogP contribution in [0.15, 0.2) is 42.9 Å². The zero-order valence-corrected chi connectivity index (χ0v) is 14.0. The fourth-order valence-electron chi connectivity index (χ4n) is 3.18. The Balaban J connectivity index is 1.43. The van der Waals surface area contributed by atoms with E-state index in [-0.39, 0.29) is 12.1 Å². The van der Waals surface area contributed by atoms with Gasteiger partial charge in [0.1, 0.15) is 0 Å². The summed E-state index contributed by atoms with van der Waals surface area (Å²) in [5.41, 5.74) is 5.06. The van der Waals surface area contributed by atoms with Crippen LogP contribution in [0.5, 0.6) is 0 Å². The maximum absolute atomic E-state index is 12.4. The highest BCUT2D eigenvalue weighted by molar-refractivity contribution is 5.90. The molecular formula is C18H20N6O. The summed E-state index contributed by atoms with van der Waals surface area (Å²) in [6.45, 7) is 1.97. The fraction of sp³-hybridized carbons (Fsp3) is 0.278. The molecule has 0 saturated heterocycles. The van der Waals surface area contributed by atoms with Gasteiger partial charge in [0.05, 0.1) is 11.9 Å². The number of carbonyl (C=O) groups excluding carboxylic acids is 1. The zero-order valence-electron chi connectivity index (χ0n) is 14.0. The number of urea groups is 1. The fourth-order valence-corrected chi connectivity index (χ4v) is 3.18. The molecule has 0 saturated carbocycles. The van der Waals surface area contributed by atoms with Crippen molar-refractivity contribution in [3.05, 3.63) is 59.7 Å². The van der Waals surface area contributed by atoms with Gasteiger partial charge in [0, 0.05) is 36.2 Å². The number of aromatic nitrogens is 4. The van der Waals surface area contributed by atoms with E-state index in [9.17, 15) is 4.79 Å². The minimum atomic E-state index is -0.186. The van der Waals surface area contributed by atoms with Gasteiger partial charge in [0.15, 0.2) is 0 Å². The standard InChI is InChI=1S/C18H20N6O/c1-12-3-6-15(24-8-2-7-20-24)10-16(12)22-18(25)21-14-5-4-13-11-19-23-17(13)9-14/h2-3,6-8,10-11,14H,4-5,9H2,1H3,(H,19,23)(H2,21,22,25)/t14-/m0/s1. The number of benzene rings is 1. The largest absolute Gasteiger partial charge is 0.335 e. The van der Waals surface area contributed by atoms with Gasteiger partial charge >= 0.3 is 6.03 Å². The van der Waals surface area contributed by atoms with E-state index in [2.05, 4.69) is 25.9 Å². The summed E-state index contributed by atoms with van der Waals surface area (Å²) in [5.74, 6) is 0. The third-order valence-corrected chi connectivity index (χ3v) is 4.59. The van der Waals surface area contributed by atoms with Gasteiger partial charge < -0.3 is 10.6 Å². The SMILES string of the molecule is Cc1ccc(-n2cccn2)cc1NC(=O)N[C@H]1CCc2cn[nH]c2C1. The van der Waals surface area contributed by atoms with Crippen LogP contribution >= 0.6 is 0 Å². The van der Waals surface area contributed by atoms with Crippen LogP contribution in [0.1, 0.15) is 23.2 Å². The molecule has 0 fully saturated rings. The van der Waals surface area contributed by atoms with E-state index >= 15 is 0 Å². The highest BCUT2D eigenvalue weighted by Crippen LogP contribution is 2.21. The number of amides is 2. The lowest BCUT2D eigenvalue weighted by molar-refractivity contribution is 0.247. The van der Waals surface area contributed by atoms with Gasteiger partial charge in [-0.15, -0.1) is 0 Å². The Morgan fingerprint density at radius 1 is 1.40 bits per heavy atom. The highest BCUT2D eigenvalue weighted by atomic mass is 16.2. The summed E-state index contributed by atoms with van der Waals surface area (Å²) in [6, 6.07) is 7.68. The quantitative estimate of drug-likeness (QED) is 0.687. The van der Waals surface area contributed by atoms with Crippen molar-refractivity contribution in [3.8, 4) is 5.69 Å². The number of hydrogen-bond donors (Lipinski definition) is 3. The van der Waals surface area contributed by atoms with Gasteiger partial charge in [-0.05, 0) is 49.1 Å². The summed E-state index contributed by atoms with van der Waals surface area (Å²) in [4.78, 5) is 12.4. The van der Waals surface area contributed by atoms with Crippen LogP contribution < -0.4 is 10.6 Å². The van der Waals surface area contributed by atoms with Gasteiger partial charge in [-0.3, -0.25) is 5.10 Å². The smallest absolute Gasteiger partial charge is 0.319 e. The molecule has 3 aromatic rings. The Labute approximate surface area is 145 Å². The molecular weight excluding hydrogens is 316 g/mol. The highest BCUT2D eigenvalue weighted by Gasteiger charge is 2.21. The minimum absolute atomic E-state index is 0.113. The topological polar surface area (TPSA) is 87.6 Å². The molecule has 0 spiro atoms. The van der Waals surface area contributed by atoms with Crippen LogP contribution in [0.3, 0.4) is 0 Å². The molecule has 2 amide bonds. The second kappa shape index (κ2) is 6.43. The van der Waals surface area contributed by atoms with Crippen LogP contribution in [-0.2, 0) is 12.8 Å². The van der Waals surface area contributed by atoms with Crippen LogP contribution in [0.2, 0.25) is 0 Å². The molecule has 2 aromatic heterocycles. The second-order valence-corrected chi connectivity index (χ2v) is 6.36. The van der Waals surface area contributed by atoms with Crippen molar-refractivity contribution >= 4 is 11.7 Å². The Morgan fingerprint density at radius 3 is 3.16 bits per heavy atom. The number of rotatable bonds is 3. The number of carbonyl (C=O) groups is 1.